The lowest BCUT2D eigenvalue weighted by Gasteiger charge is -2.08. The molecule has 0 aliphatic heterocycles. The van der Waals surface area contributed by atoms with Crippen LogP contribution in [0.25, 0.3) is 0 Å². The second kappa shape index (κ2) is 5.34. The quantitative estimate of drug-likeness (QED) is 0.732. The highest BCUT2D eigenvalue weighted by atomic mass is 16.5. The lowest BCUT2D eigenvalue weighted by molar-refractivity contribution is 0.0560. The van der Waals surface area contributed by atoms with Crippen molar-refractivity contribution in [2.45, 2.75) is 20.0 Å². The molecule has 0 saturated heterocycles. The summed E-state index contributed by atoms with van der Waals surface area (Å²) in [6.07, 6.45) is 3.26. The average Bonchev–Trinajstić information content (AvgIpc) is 2.18. The van der Waals surface area contributed by atoms with Gasteiger partial charge in [-0.05, 0) is 26.0 Å². The third kappa shape index (κ3) is 3.53. The molecule has 1 aromatic rings. The molecule has 0 spiro atoms. The molecule has 4 nitrogen and oxygen atoms in total. The Morgan fingerprint density at radius 3 is 3.00 bits per heavy atom. The van der Waals surface area contributed by atoms with Crippen LogP contribution in [0.4, 0.5) is 0 Å². The van der Waals surface area contributed by atoms with E-state index < -0.39 is 0 Å². The molecular formula is C10H14N2O2. The molecule has 0 aromatic carbocycles. The number of carbonyl (C=O) groups is 1. The van der Waals surface area contributed by atoms with Crippen LogP contribution >= 0.6 is 0 Å². The second-order valence-corrected chi connectivity index (χ2v) is 3.11. The van der Waals surface area contributed by atoms with Crippen LogP contribution in [0.15, 0.2) is 24.5 Å². The van der Waals surface area contributed by atoms with E-state index in [4.69, 9.17) is 4.74 Å². The summed E-state index contributed by atoms with van der Waals surface area (Å²) in [4.78, 5) is 15.2. The average molecular weight is 194 g/mol. The van der Waals surface area contributed by atoms with E-state index in [9.17, 15) is 4.79 Å². The molecule has 4 heteroatoms. The van der Waals surface area contributed by atoms with Crippen molar-refractivity contribution < 1.29 is 9.53 Å². The number of nitrogens with zero attached hydrogens (tertiary/aromatic N) is 1. The summed E-state index contributed by atoms with van der Waals surface area (Å²) in [7, 11) is 0. The Morgan fingerprint density at radius 1 is 1.64 bits per heavy atom. The van der Waals surface area contributed by atoms with Gasteiger partial charge in [-0.25, -0.2) is 0 Å². The van der Waals surface area contributed by atoms with Crippen LogP contribution in [-0.4, -0.2) is 23.7 Å². The fourth-order valence-corrected chi connectivity index (χ4v) is 0.873. The van der Waals surface area contributed by atoms with Gasteiger partial charge in [0.05, 0.1) is 11.7 Å². The molecule has 1 rings (SSSR count). The standard InChI is InChI=1S/C10H14N2O2/c1-8(2)14-7-12-10(13)9-4-3-5-11-6-9/h3-6,8H,7H2,1-2H3,(H,12,13). The summed E-state index contributed by atoms with van der Waals surface area (Å²) < 4.78 is 5.18. The van der Waals surface area contributed by atoms with Gasteiger partial charge in [-0.2, -0.15) is 0 Å². The molecule has 0 aliphatic carbocycles. The number of nitrogens with one attached hydrogen (secondary N) is 1. The van der Waals surface area contributed by atoms with Crippen LogP contribution < -0.4 is 5.32 Å². The molecule has 1 heterocycles. The maximum absolute atomic E-state index is 11.4. The lowest BCUT2D eigenvalue weighted by atomic mass is 10.3. The Labute approximate surface area is 83.3 Å². The highest BCUT2D eigenvalue weighted by molar-refractivity contribution is 5.93. The number of rotatable bonds is 4. The number of ether oxygens (including phenoxy) is 1. The van der Waals surface area contributed by atoms with Gasteiger partial charge >= 0.3 is 0 Å². The van der Waals surface area contributed by atoms with Gasteiger partial charge in [0.25, 0.3) is 5.91 Å². The summed E-state index contributed by atoms with van der Waals surface area (Å²) >= 11 is 0. The largest absolute Gasteiger partial charge is 0.359 e. The summed E-state index contributed by atoms with van der Waals surface area (Å²) in [5, 5.41) is 2.63. The third-order valence-corrected chi connectivity index (χ3v) is 1.57. The Kier molecular flexibility index (Phi) is 4.07. The van der Waals surface area contributed by atoms with Crippen molar-refractivity contribution in [3.63, 3.8) is 0 Å². The summed E-state index contributed by atoms with van der Waals surface area (Å²) in [5.41, 5.74) is 0.542. The van der Waals surface area contributed by atoms with Gasteiger partial charge in [0.1, 0.15) is 6.73 Å². The van der Waals surface area contributed by atoms with Crippen molar-refractivity contribution in [3.05, 3.63) is 30.1 Å². The molecule has 1 N–H and O–H groups in total. The molecule has 14 heavy (non-hydrogen) atoms. The SMILES string of the molecule is CC(C)OCNC(=O)c1cccnc1. The lowest BCUT2D eigenvalue weighted by Crippen LogP contribution is -2.27. The first-order chi connectivity index (χ1) is 6.70. The zero-order valence-electron chi connectivity index (χ0n) is 8.36. The fraction of sp³-hybridized carbons (Fsp3) is 0.400. The predicted octanol–water partition coefficient (Wildman–Crippen LogP) is 1.19. The van der Waals surface area contributed by atoms with Crippen LogP contribution in [0.2, 0.25) is 0 Å². The van der Waals surface area contributed by atoms with Crippen LogP contribution in [0.3, 0.4) is 0 Å². The van der Waals surface area contributed by atoms with Crippen molar-refractivity contribution in [3.8, 4) is 0 Å². The maximum Gasteiger partial charge on any atom is 0.254 e. The first kappa shape index (κ1) is 10.7. The number of aromatic nitrogens is 1. The third-order valence-electron chi connectivity index (χ3n) is 1.57. The number of hydrogen-bond acceptors (Lipinski definition) is 3. The van der Waals surface area contributed by atoms with Gasteiger partial charge < -0.3 is 10.1 Å². The Bertz CT molecular complexity index is 285. The van der Waals surface area contributed by atoms with Crippen molar-refractivity contribution in [2.24, 2.45) is 0 Å². The maximum atomic E-state index is 11.4. The van der Waals surface area contributed by atoms with E-state index >= 15 is 0 Å². The number of hydrogen-bond donors (Lipinski definition) is 1. The van der Waals surface area contributed by atoms with Gasteiger partial charge in [-0.3, -0.25) is 9.78 Å². The van der Waals surface area contributed by atoms with Crippen LogP contribution in [0.5, 0.6) is 0 Å². The van der Waals surface area contributed by atoms with Crippen molar-refractivity contribution >= 4 is 5.91 Å². The first-order valence-electron chi connectivity index (χ1n) is 4.50. The fourth-order valence-electron chi connectivity index (χ4n) is 0.873. The second-order valence-electron chi connectivity index (χ2n) is 3.11. The van der Waals surface area contributed by atoms with Crippen LogP contribution in [0.1, 0.15) is 24.2 Å². The normalized spacial score (nSPS) is 10.2. The molecule has 1 aromatic heterocycles. The molecular weight excluding hydrogens is 180 g/mol. The number of carbonyl (C=O) groups excluding carboxylic acids is 1. The Hall–Kier alpha value is -1.42. The molecule has 0 saturated carbocycles. The monoisotopic (exact) mass is 194 g/mol. The van der Waals surface area contributed by atoms with E-state index in [-0.39, 0.29) is 18.7 Å². The topological polar surface area (TPSA) is 51.2 Å². The summed E-state index contributed by atoms with van der Waals surface area (Å²) in [6.45, 7) is 4.05. The van der Waals surface area contributed by atoms with Gasteiger partial charge in [0, 0.05) is 12.4 Å². The van der Waals surface area contributed by atoms with Gasteiger partial charge in [0.2, 0.25) is 0 Å². The van der Waals surface area contributed by atoms with E-state index in [1.165, 1.54) is 6.20 Å². The highest BCUT2D eigenvalue weighted by Gasteiger charge is 2.03. The van der Waals surface area contributed by atoms with Gasteiger partial charge in [-0.1, -0.05) is 0 Å². The van der Waals surface area contributed by atoms with Crippen molar-refractivity contribution in [1.82, 2.24) is 10.3 Å². The minimum atomic E-state index is -0.168. The Morgan fingerprint density at radius 2 is 2.43 bits per heavy atom. The molecule has 0 bridgehead atoms. The minimum Gasteiger partial charge on any atom is -0.359 e. The van der Waals surface area contributed by atoms with Crippen molar-refractivity contribution in [1.29, 1.82) is 0 Å². The number of pyridine rings is 1. The minimum absolute atomic E-state index is 0.115. The molecule has 0 aliphatic rings. The van der Waals surface area contributed by atoms with Crippen LogP contribution in [0, 0.1) is 0 Å². The van der Waals surface area contributed by atoms with E-state index in [1.54, 1.807) is 18.3 Å². The van der Waals surface area contributed by atoms with Gasteiger partial charge in [0.15, 0.2) is 0 Å². The molecule has 0 radical (unpaired) electrons. The Balaban J connectivity index is 2.36. The zero-order valence-corrected chi connectivity index (χ0v) is 8.36. The molecule has 0 fully saturated rings. The number of amides is 1. The van der Waals surface area contributed by atoms with Crippen molar-refractivity contribution in [2.75, 3.05) is 6.73 Å². The summed E-state index contributed by atoms with van der Waals surface area (Å²) in [5.74, 6) is -0.168. The smallest absolute Gasteiger partial charge is 0.254 e. The van der Waals surface area contributed by atoms with E-state index in [0.29, 0.717) is 5.56 Å². The molecule has 1 amide bonds. The van der Waals surface area contributed by atoms with Crippen LogP contribution in [-0.2, 0) is 4.74 Å². The summed E-state index contributed by atoms with van der Waals surface area (Å²) in [6, 6.07) is 3.43. The first-order valence-corrected chi connectivity index (χ1v) is 4.50. The van der Waals surface area contributed by atoms with E-state index in [2.05, 4.69) is 10.3 Å². The zero-order chi connectivity index (χ0) is 10.4. The van der Waals surface area contributed by atoms with E-state index in [0.717, 1.165) is 0 Å². The van der Waals surface area contributed by atoms with E-state index in [1.807, 2.05) is 13.8 Å². The molecule has 76 valence electrons. The molecule has 0 unspecified atom stereocenters. The predicted molar refractivity (Wildman–Crippen MR) is 52.8 cm³/mol. The highest BCUT2D eigenvalue weighted by Crippen LogP contribution is 1.94. The van der Waals surface area contributed by atoms with Gasteiger partial charge in [-0.15, -0.1) is 0 Å². The molecule has 0 atom stereocenters.